The Morgan fingerprint density at radius 2 is 1.84 bits per heavy atom. The van der Waals surface area contributed by atoms with Crippen molar-refractivity contribution >= 4 is 32.4 Å². The molecule has 0 atom stereocenters. The largest absolute Gasteiger partial charge is 0.457 e. The third-order valence-corrected chi connectivity index (χ3v) is 7.25. The molecule has 5 rings (SSSR count). The molecule has 0 bridgehead atoms. The molecule has 0 spiro atoms. The normalized spacial score (nSPS) is 13.9. The number of nitrogens with one attached hydrogen (secondary N) is 1. The standard InChI is InChI=1S/C29H26N4O3S/c1-21-17-24(13-15-28(21)36-25-8-4-3-5-9-25)32-29-26-18-22(12-14-27(26)30-20-31-29)10-11-23-7-6-16-33(19-23)37(2,34)35/h3-5,7-9,12-15,17-18,20H,6,16,19H2,1-2H3,(H,30,31,32). The van der Waals surface area contributed by atoms with Gasteiger partial charge in [-0.25, -0.2) is 18.4 Å². The molecule has 1 N–H and O–H groups in total. The van der Waals surface area contributed by atoms with Crippen molar-refractivity contribution in [3.8, 4) is 23.3 Å². The van der Waals surface area contributed by atoms with Crippen LogP contribution in [-0.2, 0) is 10.0 Å². The van der Waals surface area contributed by atoms with Crippen LogP contribution >= 0.6 is 0 Å². The number of anilines is 2. The van der Waals surface area contributed by atoms with Crippen molar-refractivity contribution in [1.29, 1.82) is 0 Å². The number of nitrogens with zero attached hydrogens (tertiary/aromatic N) is 3. The first kappa shape index (κ1) is 24.5. The number of ether oxygens (including phenoxy) is 1. The molecular formula is C29H26N4O3S. The van der Waals surface area contributed by atoms with Crippen molar-refractivity contribution in [2.24, 2.45) is 0 Å². The highest BCUT2D eigenvalue weighted by atomic mass is 32.2. The van der Waals surface area contributed by atoms with Gasteiger partial charge in [-0.1, -0.05) is 36.1 Å². The number of fused-ring (bicyclic) bond motifs is 1. The minimum Gasteiger partial charge on any atom is -0.457 e. The summed E-state index contributed by atoms with van der Waals surface area (Å²) in [5, 5.41) is 4.23. The van der Waals surface area contributed by atoms with E-state index in [0.717, 1.165) is 44.8 Å². The van der Waals surface area contributed by atoms with Crippen molar-refractivity contribution in [3.63, 3.8) is 0 Å². The molecule has 8 heteroatoms. The van der Waals surface area contributed by atoms with Crippen LogP contribution < -0.4 is 10.1 Å². The Kier molecular flexibility index (Phi) is 6.91. The van der Waals surface area contributed by atoms with Gasteiger partial charge in [-0.2, -0.15) is 4.31 Å². The van der Waals surface area contributed by atoms with Gasteiger partial charge >= 0.3 is 0 Å². The molecule has 1 aliphatic rings. The Labute approximate surface area is 216 Å². The van der Waals surface area contributed by atoms with Gasteiger partial charge < -0.3 is 10.1 Å². The van der Waals surface area contributed by atoms with E-state index in [1.54, 1.807) is 0 Å². The number of hydrogen-bond acceptors (Lipinski definition) is 6. The van der Waals surface area contributed by atoms with Crippen LogP contribution in [0.1, 0.15) is 17.5 Å². The Hall–Kier alpha value is -4.19. The zero-order chi connectivity index (χ0) is 25.8. The summed E-state index contributed by atoms with van der Waals surface area (Å²) in [7, 11) is -3.24. The van der Waals surface area contributed by atoms with Gasteiger partial charge in [0.25, 0.3) is 0 Å². The van der Waals surface area contributed by atoms with E-state index in [2.05, 4.69) is 27.1 Å². The average molecular weight is 511 g/mol. The van der Waals surface area contributed by atoms with Gasteiger partial charge in [0.1, 0.15) is 23.6 Å². The highest BCUT2D eigenvalue weighted by Crippen LogP contribution is 2.30. The highest BCUT2D eigenvalue weighted by molar-refractivity contribution is 7.88. The van der Waals surface area contributed by atoms with Gasteiger partial charge in [-0.15, -0.1) is 0 Å². The molecule has 37 heavy (non-hydrogen) atoms. The number of aryl methyl sites for hydroxylation is 1. The van der Waals surface area contributed by atoms with Crippen LogP contribution in [0, 0.1) is 18.8 Å². The Bertz CT molecular complexity index is 1660. The molecule has 7 nitrogen and oxygen atoms in total. The number of sulfonamides is 1. The zero-order valence-corrected chi connectivity index (χ0v) is 21.4. The first-order valence-electron chi connectivity index (χ1n) is 11.9. The topological polar surface area (TPSA) is 84.4 Å². The summed E-state index contributed by atoms with van der Waals surface area (Å²) in [5.74, 6) is 8.55. The molecule has 1 aliphatic heterocycles. The van der Waals surface area contributed by atoms with Gasteiger partial charge in [0, 0.05) is 35.3 Å². The van der Waals surface area contributed by atoms with E-state index in [9.17, 15) is 8.42 Å². The van der Waals surface area contributed by atoms with Gasteiger partial charge in [0.2, 0.25) is 10.0 Å². The van der Waals surface area contributed by atoms with Crippen molar-refractivity contribution < 1.29 is 13.2 Å². The number of para-hydroxylation sites is 1. The van der Waals surface area contributed by atoms with E-state index in [0.29, 0.717) is 25.3 Å². The van der Waals surface area contributed by atoms with Crippen LogP contribution in [0.2, 0.25) is 0 Å². The van der Waals surface area contributed by atoms with Crippen LogP contribution in [0.3, 0.4) is 0 Å². The van der Waals surface area contributed by atoms with E-state index >= 15 is 0 Å². The zero-order valence-electron chi connectivity index (χ0n) is 20.6. The monoisotopic (exact) mass is 510 g/mol. The molecule has 4 aromatic rings. The quantitative estimate of drug-likeness (QED) is 0.361. The second-order valence-electron chi connectivity index (χ2n) is 8.84. The van der Waals surface area contributed by atoms with Crippen LogP contribution in [0.25, 0.3) is 10.9 Å². The van der Waals surface area contributed by atoms with Crippen molar-refractivity contribution in [1.82, 2.24) is 14.3 Å². The van der Waals surface area contributed by atoms with E-state index in [-0.39, 0.29) is 0 Å². The van der Waals surface area contributed by atoms with Crippen LogP contribution in [0.4, 0.5) is 11.5 Å². The van der Waals surface area contributed by atoms with Crippen molar-refractivity contribution in [2.45, 2.75) is 13.3 Å². The van der Waals surface area contributed by atoms with Crippen LogP contribution in [0.15, 0.2) is 84.7 Å². The molecule has 0 unspecified atom stereocenters. The van der Waals surface area contributed by atoms with Crippen molar-refractivity contribution in [3.05, 3.63) is 95.8 Å². The summed E-state index contributed by atoms with van der Waals surface area (Å²) in [6.07, 6.45) is 5.42. The summed E-state index contributed by atoms with van der Waals surface area (Å²) in [4.78, 5) is 8.85. The van der Waals surface area contributed by atoms with Gasteiger partial charge in [0.15, 0.2) is 0 Å². The second-order valence-corrected chi connectivity index (χ2v) is 10.8. The summed E-state index contributed by atoms with van der Waals surface area (Å²) in [5.41, 5.74) is 4.26. The van der Waals surface area contributed by atoms with E-state index in [1.165, 1.54) is 16.9 Å². The van der Waals surface area contributed by atoms with Gasteiger partial charge in [-0.05, 0) is 67.4 Å². The molecule has 0 amide bonds. The Balaban J connectivity index is 1.37. The average Bonchev–Trinajstić information content (AvgIpc) is 2.89. The number of aromatic nitrogens is 2. The fraction of sp³-hybridized carbons (Fsp3) is 0.172. The molecule has 186 valence electrons. The lowest BCUT2D eigenvalue weighted by Gasteiger charge is -2.22. The maximum absolute atomic E-state index is 11.9. The molecule has 3 aromatic carbocycles. The fourth-order valence-electron chi connectivity index (χ4n) is 4.07. The molecule has 0 fully saturated rings. The molecule has 1 aromatic heterocycles. The number of benzene rings is 3. The summed E-state index contributed by atoms with van der Waals surface area (Å²) >= 11 is 0. The lowest BCUT2D eigenvalue weighted by molar-refractivity contribution is 0.436. The Morgan fingerprint density at radius 3 is 2.62 bits per heavy atom. The Morgan fingerprint density at radius 1 is 1.00 bits per heavy atom. The lowest BCUT2D eigenvalue weighted by atomic mass is 10.1. The van der Waals surface area contributed by atoms with Gasteiger partial charge in [-0.3, -0.25) is 0 Å². The maximum Gasteiger partial charge on any atom is 0.211 e. The van der Waals surface area contributed by atoms with E-state index in [4.69, 9.17) is 4.74 Å². The molecule has 0 aliphatic carbocycles. The minimum atomic E-state index is -3.24. The lowest BCUT2D eigenvalue weighted by Crippen LogP contribution is -2.34. The first-order valence-corrected chi connectivity index (χ1v) is 13.7. The van der Waals surface area contributed by atoms with Crippen LogP contribution in [0.5, 0.6) is 11.5 Å². The third kappa shape index (κ3) is 5.97. The van der Waals surface area contributed by atoms with Crippen LogP contribution in [-0.4, -0.2) is 42.0 Å². The van der Waals surface area contributed by atoms with E-state index in [1.807, 2.05) is 79.7 Å². The van der Waals surface area contributed by atoms with Gasteiger partial charge in [0.05, 0.1) is 11.8 Å². The molecule has 2 heterocycles. The minimum absolute atomic E-state index is 0.304. The SMILES string of the molecule is Cc1cc(Nc2ncnc3ccc(C#CC4=CCCN(S(C)(=O)=O)C4)cc23)ccc1Oc1ccccc1. The molecule has 0 radical (unpaired) electrons. The fourth-order valence-corrected chi connectivity index (χ4v) is 4.88. The van der Waals surface area contributed by atoms with E-state index < -0.39 is 10.0 Å². The van der Waals surface area contributed by atoms with Crippen molar-refractivity contribution in [2.75, 3.05) is 24.7 Å². The molecule has 0 saturated carbocycles. The second kappa shape index (κ2) is 10.4. The molecular weight excluding hydrogens is 484 g/mol. The molecule has 0 saturated heterocycles. The third-order valence-electron chi connectivity index (χ3n) is 6.00. The predicted octanol–water partition coefficient (Wildman–Crippen LogP) is 5.42. The summed E-state index contributed by atoms with van der Waals surface area (Å²) < 4.78 is 31.2. The number of rotatable bonds is 5. The predicted molar refractivity (Wildman–Crippen MR) is 147 cm³/mol. The number of hydrogen-bond donors (Lipinski definition) is 1. The summed E-state index contributed by atoms with van der Waals surface area (Å²) in [6, 6.07) is 21.3. The smallest absolute Gasteiger partial charge is 0.211 e. The maximum atomic E-state index is 11.9. The summed E-state index contributed by atoms with van der Waals surface area (Å²) in [6.45, 7) is 2.80. The first-order chi connectivity index (χ1) is 17.8. The highest BCUT2D eigenvalue weighted by Gasteiger charge is 2.19.